The summed E-state index contributed by atoms with van der Waals surface area (Å²) in [6, 6.07) is 4.48. The van der Waals surface area contributed by atoms with Gasteiger partial charge in [0.15, 0.2) is 17.5 Å². The third-order valence-corrected chi connectivity index (χ3v) is 4.26. The molecule has 0 radical (unpaired) electrons. The van der Waals surface area contributed by atoms with Gasteiger partial charge in [-0.2, -0.15) is 0 Å². The van der Waals surface area contributed by atoms with Gasteiger partial charge < -0.3 is 10.4 Å². The van der Waals surface area contributed by atoms with Gasteiger partial charge in [0.2, 0.25) is 5.67 Å². The van der Waals surface area contributed by atoms with Gasteiger partial charge in [-0.1, -0.05) is 12.1 Å². The van der Waals surface area contributed by atoms with Crippen LogP contribution in [0.2, 0.25) is 0 Å². The highest BCUT2D eigenvalue weighted by Crippen LogP contribution is 2.42. The number of benzene rings is 1. The zero-order chi connectivity index (χ0) is 18.2. The smallest absolute Gasteiger partial charge is 0.262 e. The molecule has 0 unspecified atom stereocenters. The summed E-state index contributed by atoms with van der Waals surface area (Å²) in [6.45, 7) is -0.508. The van der Waals surface area contributed by atoms with E-state index in [9.17, 15) is 23.1 Å². The predicted molar refractivity (Wildman–Crippen MR) is 79.4 cm³/mol. The standard InChI is InChI=1S/C17H14F4N2O2/c18-11-4-3-9(13(19)14(11)20)8-23-16(25)17(21)6-5-12(24)15-10(17)2-1-7-22-15/h1-4,7,12,24H,5-6,8H2,(H,23,25)/t12-,17-/m1/s1. The number of halogens is 4. The molecule has 3 rings (SSSR count). The molecule has 1 amide bonds. The molecule has 0 saturated heterocycles. The second-order valence-corrected chi connectivity index (χ2v) is 5.81. The Bertz CT molecular complexity index is 830. The topological polar surface area (TPSA) is 62.2 Å². The fraction of sp³-hybridized carbons (Fsp3) is 0.294. The average Bonchev–Trinajstić information content (AvgIpc) is 2.62. The van der Waals surface area contributed by atoms with Crippen molar-refractivity contribution in [2.24, 2.45) is 0 Å². The van der Waals surface area contributed by atoms with Gasteiger partial charge in [0, 0.05) is 23.9 Å². The lowest BCUT2D eigenvalue weighted by molar-refractivity contribution is -0.135. The number of amides is 1. The van der Waals surface area contributed by atoms with E-state index in [1.807, 2.05) is 0 Å². The van der Waals surface area contributed by atoms with Gasteiger partial charge in [-0.3, -0.25) is 9.78 Å². The maximum absolute atomic E-state index is 15.3. The van der Waals surface area contributed by atoms with Crippen LogP contribution in [-0.2, 0) is 17.0 Å². The van der Waals surface area contributed by atoms with Gasteiger partial charge in [-0.25, -0.2) is 17.6 Å². The minimum absolute atomic E-state index is 0.00648. The number of pyridine rings is 1. The van der Waals surface area contributed by atoms with Crippen LogP contribution in [0.4, 0.5) is 17.6 Å². The molecule has 2 N–H and O–H groups in total. The molecule has 1 aromatic carbocycles. The van der Waals surface area contributed by atoms with Crippen LogP contribution >= 0.6 is 0 Å². The molecular formula is C17H14F4N2O2. The molecule has 25 heavy (non-hydrogen) atoms. The number of aromatic nitrogens is 1. The Morgan fingerprint density at radius 3 is 2.80 bits per heavy atom. The van der Waals surface area contributed by atoms with E-state index in [-0.39, 0.29) is 29.7 Å². The SMILES string of the molecule is O=C(NCc1ccc(F)c(F)c1F)[C@@]1(F)CC[C@@H](O)c2ncccc21. The number of nitrogens with one attached hydrogen (secondary N) is 1. The number of alkyl halides is 1. The number of hydrogen-bond acceptors (Lipinski definition) is 3. The quantitative estimate of drug-likeness (QED) is 0.658. The van der Waals surface area contributed by atoms with Crippen molar-refractivity contribution in [2.45, 2.75) is 31.2 Å². The number of aliphatic hydroxyl groups excluding tert-OH is 1. The van der Waals surface area contributed by atoms with Crippen LogP contribution in [0.3, 0.4) is 0 Å². The number of carbonyl (C=O) groups excluding carboxylic acids is 1. The molecule has 1 heterocycles. The van der Waals surface area contributed by atoms with E-state index in [1.54, 1.807) is 0 Å². The monoisotopic (exact) mass is 354 g/mol. The molecule has 1 aliphatic rings. The fourth-order valence-electron chi connectivity index (χ4n) is 2.88. The molecular weight excluding hydrogens is 340 g/mol. The number of hydrogen-bond donors (Lipinski definition) is 2. The molecule has 1 aliphatic carbocycles. The summed E-state index contributed by atoms with van der Waals surface area (Å²) >= 11 is 0. The molecule has 0 aliphatic heterocycles. The number of carbonyl (C=O) groups is 1. The van der Waals surface area contributed by atoms with E-state index in [0.29, 0.717) is 0 Å². The highest BCUT2D eigenvalue weighted by atomic mass is 19.2. The van der Waals surface area contributed by atoms with Gasteiger partial charge in [0.1, 0.15) is 0 Å². The number of aliphatic hydroxyl groups is 1. The van der Waals surface area contributed by atoms with Gasteiger partial charge in [-0.15, -0.1) is 0 Å². The van der Waals surface area contributed by atoms with Gasteiger partial charge >= 0.3 is 0 Å². The Kier molecular flexibility index (Phi) is 4.47. The van der Waals surface area contributed by atoms with Crippen molar-refractivity contribution < 1.29 is 27.5 Å². The lowest BCUT2D eigenvalue weighted by Gasteiger charge is -2.32. The van der Waals surface area contributed by atoms with Crippen molar-refractivity contribution in [2.75, 3.05) is 0 Å². The Balaban J connectivity index is 1.82. The van der Waals surface area contributed by atoms with E-state index in [0.717, 1.165) is 12.1 Å². The number of rotatable bonds is 3. The molecule has 4 nitrogen and oxygen atoms in total. The van der Waals surface area contributed by atoms with Crippen LogP contribution in [0.1, 0.15) is 35.8 Å². The molecule has 8 heteroatoms. The molecule has 132 valence electrons. The molecule has 2 aromatic rings. The van der Waals surface area contributed by atoms with E-state index in [1.165, 1.54) is 18.3 Å². The van der Waals surface area contributed by atoms with Crippen LogP contribution in [0.15, 0.2) is 30.5 Å². The first-order valence-electron chi connectivity index (χ1n) is 7.57. The molecule has 0 fully saturated rings. The summed E-state index contributed by atoms with van der Waals surface area (Å²) in [5.74, 6) is -5.50. The van der Waals surface area contributed by atoms with Crippen molar-refractivity contribution in [3.05, 3.63) is 64.7 Å². The van der Waals surface area contributed by atoms with Gasteiger partial charge in [-0.05, 0) is 25.0 Å². The zero-order valence-corrected chi connectivity index (χ0v) is 12.9. The highest BCUT2D eigenvalue weighted by molar-refractivity contribution is 5.87. The molecule has 1 aromatic heterocycles. The van der Waals surface area contributed by atoms with Crippen molar-refractivity contribution in [3.63, 3.8) is 0 Å². The fourth-order valence-corrected chi connectivity index (χ4v) is 2.88. The van der Waals surface area contributed by atoms with E-state index >= 15 is 4.39 Å². The second-order valence-electron chi connectivity index (χ2n) is 5.81. The average molecular weight is 354 g/mol. The number of nitrogens with zero attached hydrogens (tertiary/aromatic N) is 1. The van der Waals surface area contributed by atoms with Crippen molar-refractivity contribution in [3.8, 4) is 0 Å². The largest absolute Gasteiger partial charge is 0.387 e. The van der Waals surface area contributed by atoms with E-state index < -0.39 is 41.7 Å². The Morgan fingerprint density at radius 2 is 2.04 bits per heavy atom. The second kappa shape index (κ2) is 6.44. The predicted octanol–water partition coefficient (Wildman–Crippen LogP) is 2.81. The Labute approximate surface area is 140 Å². The third kappa shape index (κ3) is 2.97. The van der Waals surface area contributed by atoms with Crippen molar-refractivity contribution >= 4 is 5.91 Å². The van der Waals surface area contributed by atoms with Crippen LogP contribution < -0.4 is 5.32 Å². The van der Waals surface area contributed by atoms with Gasteiger partial charge in [0.05, 0.1) is 11.8 Å². The van der Waals surface area contributed by atoms with Crippen molar-refractivity contribution in [1.82, 2.24) is 10.3 Å². The molecule has 0 saturated carbocycles. The Hall–Kier alpha value is -2.48. The summed E-state index contributed by atoms with van der Waals surface area (Å²) in [7, 11) is 0. The molecule has 0 spiro atoms. The minimum atomic E-state index is -2.45. The third-order valence-electron chi connectivity index (χ3n) is 4.26. The van der Waals surface area contributed by atoms with E-state index in [4.69, 9.17) is 0 Å². The first kappa shape index (κ1) is 17.3. The zero-order valence-electron chi connectivity index (χ0n) is 12.9. The lowest BCUT2D eigenvalue weighted by atomic mass is 9.81. The molecule has 0 bridgehead atoms. The summed E-state index contributed by atoms with van der Waals surface area (Å²) in [4.78, 5) is 16.3. The van der Waals surface area contributed by atoms with Gasteiger partial charge in [0.25, 0.3) is 5.91 Å². The van der Waals surface area contributed by atoms with Crippen molar-refractivity contribution in [1.29, 1.82) is 0 Å². The van der Waals surface area contributed by atoms with Crippen LogP contribution in [-0.4, -0.2) is 16.0 Å². The first-order chi connectivity index (χ1) is 11.8. The Morgan fingerprint density at radius 1 is 1.28 bits per heavy atom. The summed E-state index contributed by atoms with van der Waals surface area (Å²) in [6.07, 6.45) is 0.117. The normalized spacial score (nSPS) is 22.4. The summed E-state index contributed by atoms with van der Waals surface area (Å²) in [5, 5.41) is 12.1. The van der Waals surface area contributed by atoms with E-state index in [2.05, 4.69) is 10.3 Å². The van der Waals surface area contributed by atoms with Crippen LogP contribution in [0.25, 0.3) is 0 Å². The van der Waals surface area contributed by atoms with Crippen LogP contribution in [0.5, 0.6) is 0 Å². The maximum atomic E-state index is 15.3. The number of fused-ring (bicyclic) bond motifs is 1. The molecule has 2 atom stereocenters. The lowest BCUT2D eigenvalue weighted by Crippen LogP contribution is -2.44. The van der Waals surface area contributed by atoms with Crippen LogP contribution in [0, 0.1) is 17.5 Å². The summed E-state index contributed by atoms with van der Waals surface area (Å²) < 4.78 is 55.1. The highest BCUT2D eigenvalue weighted by Gasteiger charge is 2.46. The first-order valence-corrected chi connectivity index (χ1v) is 7.57. The summed E-state index contributed by atoms with van der Waals surface area (Å²) in [5.41, 5.74) is -2.74. The minimum Gasteiger partial charge on any atom is -0.387 e. The maximum Gasteiger partial charge on any atom is 0.262 e.